The third kappa shape index (κ3) is 4.06. The number of aryl methyl sites for hydroxylation is 1. The summed E-state index contributed by atoms with van der Waals surface area (Å²) in [4.78, 5) is 49.6. The molecule has 2 aliphatic carbocycles. The van der Waals surface area contributed by atoms with Crippen LogP contribution in [0.4, 0.5) is 19.1 Å². The molecule has 0 saturated heterocycles. The minimum absolute atomic E-state index is 0.185. The van der Waals surface area contributed by atoms with Gasteiger partial charge < -0.3 is 0 Å². The van der Waals surface area contributed by atoms with Gasteiger partial charge in [0.05, 0.1) is 5.69 Å². The van der Waals surface area contributed by atoms with Gasteiger partial charge in [-0.3, -0.25) is 19.0 Å². The van der Waals surface area contributed by atoms with Gasteiger partial charge >= 0.3 is 0 Å². The van der Waals surface area contributed by atoms with Crippen LogP contribution in [-0.2, 0) is 9.59 Å². The Morgan fingerprint density at radius 1 is 0.895 bits per heavy atom. The molecule has 2 aromatic carbocycles. The second-order valence-corrected chi connectivity index (χ2v) is 9.71. The lowest BCUT2D eigenvalue weighted by molar-refractivity contribution is -0.128. The van der Waals surface area contributed by atoms with E-state index in [1.807, 2.05) is 0 Å². The number of halogens is 3. The Labute approximate surface area is 214 Å². The first-order chi connectivity index (χ1) is 18.2. The number of aromatic nitrogens is 3. The zero-order valence-corrected chi connectivity index (χ0v) is 20.2. The van der Waals surface area contributed by atoms with E-state index in [0.717, 1.165) is 27.7 Å². The molecule has 0 spiro atoms. The Bertz CT molecular complexity index is 1670. The van der Waals surface area contributed by atoms with Crippen molar-refractivity contribution in [1.82, 2.24) is 14.5 Å². The van der Waals surface area contributed by atoms with E-state index >= 15 is 0 Å². The number of fused-ring (bicyclic) bond motifs is 1. The zero-order valence-electron chi connectivity index (χ0n) is 20.2. The van der Waals surface area contributed by atoms with Crippen molar-refractivity contribution >= 4 is 28.8 Å². The molecular formula is C28H21F3N4O3. The Hall–Kier alpha value is -4.34. The van der Waals surface area contributed by atoms with Gasteiger partial charge in [-0.15, -0.1) is 0 Å². The van der Waals surface area contributed by atoms with Crippen LogP contribution in [0.3, 0.4) is 0 Å². The van der Waals surface area contributed by atoms with E-state index in [4.69, 9.17) is 0 Å². The first-order valence-corrected chi connectivity index (χ1v) is 12.3. The van der Waals surface area contributed by atoms with Gasteiger partial charge in [0.1, 0.15) is 23.1 Å². The summed E-state index contributed by atoms with van der Waals surface area (Å²) < 4.78 is 44.6. The number of pyridine rings is 1. The molecule has 192 valence electrons. The predicted molar refractivity (Wildman–Crippen MR) is 133 cm³/mol. The predicted octanol–water partition coefficient (Wildman–Crippen LogP) is 4.85. The highest BCUT2D eigenvalue weighted by atomic mass is 19.1. The van der Waals surface area contributed by atoms with E-state index in [1.54, 1.807) is 6.92 Å². The lowest BCUT2D eigenvalue weighted by Crippen LogP contribution is -2.40. The number of hydrogen-bond acceptors (Lipinski definition) is 5. The highest BCUT2D eigenvalue weighted by molar-refractivity contribution is 6.16. The van der Waals surface area contributed by atoms with Crippen LogP contribution in [0.1, 0.15) is 31.2 Å². The summed E-state index contributed by atoms with van der Waals surface area (Å²) in [6, 6.07) is 9.72. The number of carbonyl (C=O) groups is 2. The fourth-order valence-corrected chi connectivity index (χ4v) is 4.55. The molecule has 0 bridgehead atoms. The van der Waals surface area contributed by atoms with Crippen molar-refractivity contribution in [3.8, 4) is 16.9 Å². The van der Waals surface area contributed by atoms with E-state index in [9.17, 15) is 27.6 Å². The van der Waals surface area contributed by atoms with Crippen LogP contribution in [0.15, 0.2) is 53.3 Å². The quantitative estimate of drug-likeness (QED) is 0.353. The maximum absolute atomic E-state index is 14.9. The van der Waals surface area contributed by atoms with E-state index in [-0.39, 0.29) is 34.5 Å². The van der Waals surface area contributed by atoms with Crippen LogP contribution < -0.4 is 10.5 Å². The Balaban J connectivity index is 1.71. The van der Waals surface area contributed by atoms with Gasteiger partial charge in [-0.05, 0) is 74.6 Å². The molecule has 2 saturated carbocycles. The molecule has 2 heterocycles. The number of amides is 2. The molecular weight excluding hydrogens is 497 g/mol. The van der Waals surface area contributed by atoms with Gasteiger partial charge in [0.2, 0.25) is 17.8 Å². The molecule has 0 atom stereocenters. The number of rotatable bonds is 5. The molecule has 0 aliphatic heterocycles. The molecule has 2 amide bonds. The minimum Gasteiger partial charge on any atom is -0.274 e. The van der Waals surface area contributed by atoms with Crippen molar-refractivity contribution in [3.63, 3.8) is 0 Å². The average Bonchev–Trinajstić information content (AvgIpc) is 3.78. The lowest BCUT2D eigenvalue weighted by Gasteiger charge is -2.21. The summed E-state index contributed by atoms with van der Waals surface area (Å²) in [6.45, 7) is 1.65. The third-order valence-corrected chi connectivity index (χ3v) is 6.84. The second kappa shape index (κ2) is 8.90. The van der Waals surface area contributed by atoms with Gasteiger partial charge in [-0.1, -0.05) is 6.07 Å². The number of hydrogen-bond donors (Lipinski definition) is 0. The second-order valence-electron chi connectivity index (χ2n) is 9.71. The lowest BCUT2D eigenvalue weighted by atomic mass is 10.0. The number of anilines is 1. The summed E-state index contributed by atoms with van der Waals surface area (Å²) in [5.74, 6) is -4.39. The summed E-state index contributed by atoms with van der Waals surface area (Å²) in [6.07, 6.45) is 2.48. The van der Waals surface area contributed by atoms with Crippen molar-refractivity contribution in [1.29, 1.82) is 0 Å². The smallest absolute Gasteiger partial charge is 0.256 e. The fourth-order valence-electron chi connectivity index (χ4n) is 4.55. The Morgan fingerprint density at radius 3 is 2.11 bits per heavy atom. The third-order valence-electron chi connectivity index (χ3n) is 6.84. The largest absolute Gasteiger partial charge is 0.274 e. The van der Waals surface area contributed by atoms with Crippen molar-refractivity contribution in [3.05, 3.63) is 81.9 Å². The topological polar surface area (TPSA) is 85.2 Å². The molecule has 0 radical (unpaired) electrons. The molecule has 10 heteroatoms. The van der Waals surface area contributed by atoms with Crippen LogP contribution in [0.5, 0.6) is 0 Å². The van der Waals surface area contributed by atoms with Gasteiger partial charge in [0.15, 0.2) is 5.65 Å². The van der Waals surface area contributed by atoms with Gasteiger partial charge in [-0.2, -0.15) is 4.98 Å². The van der Waals surface area contributed by atoms with Crippen molar-refractivity contribution in [2.45, 2.75) is 32.6 Å². The number of benzene rings is 2. The zero-order chi connectivity index (χ0) is 26.7. The van der Waals surface area contributed by atoms with Crippen molar-refractivity contribution < 1.29 is 22.8 Å². The van der Waals surface area contributed by atoms with Crippen molar-refractivity contribution in [2.24, 2.45) is 11.8 Å². The van der Waals surface area contributed by atoms with Crippen LogP contribution in [-0.4, -0.2) is 26.3 Å². The van der Waals surface area contributed by atoms with Gasteiger partial charge in [-0.25, -0.2) is 23.1 Å². The van der Waals surface area contributed by atoms with Crippen LogP contribution in [0.25, 0.3) is 28.0 Å². The van der Waals surface area contributed by atoms with Crippen LogP contribution in [0, 0.1) is 36.2 Å². The first-order valence-electron chi connectivity index (χ1n) is 12.3. The summed E-state index contributed by atoms with van der Waals surface area (Å²) in [5, 5.41) is 0.225. The van der Waals surface area contributed by atoms with E-state index in [1.165, 1.54) is 30.3 Å². The Morgan fingerprint density at radius 2 is 1.53 bits per heavy atom. The molecule has 0 N–H and O–H groups in total. The summed E-state index contributed by atoms with van der Waals surface area (Å²) in [5.41, 5.74) is -0.506. The number of para-hydroxylation sites is 1. The molecule has 6 rings (SSSR count). The van der Waals surface area contributed by atoms with Crippen LogP contribution in [0.2, 0.25) is 0 Å². The van der Waals surface area contributed by atoms with Crippen LogP contribution >= 0.6 is 0 Å². The fraction of sp³-hybridized carbons (Fsp3) is 0.250. The van der Waals surface area contributed by atoms with Gasteiger partial charge in [0.25, 0.3) is 5.56 Å². The highest BCUT2D eigenvalue weighted by Gasteiger charge is 2.43. The molecule has 4 aromatic rings. The SMILES string of the molecule is Cc1cc(F)ccc1-c1nc(N(C(=O)C2CC2)C(=O)C2CC2)nc2c1ccc(=O)n2-c1c(F)cccc1F. The summed E-state index contributed by atoms with van der Waals surface area (Å²) >= 11 is 0. The maximum atomic E-state index is 14.9. The maximum Gasteiger partial charge on any atom is 0.256 e. The van der Waals surface area contributed by atoms with E-state index in [2.05, 4.69) is 9.97 Å². The standard InChI is InChI=1S/C28H21F3N4O3/c1-14-13-17(29)9-10-18(14)23-19-11-12-22(36)34(24-20(30)3-2-4-21(24)31)25(19)33-28(32-23)35(26(37)15-5-6-15)27(38)16-7-8-16/h2-4,9-13,15-16H,5-8H2,1H3. The molecule has 2 aromatic heterocycles. The Kier molecular flexibility index (Phi) is 5.62. The van der Waals surface area contributed by atoms with Crippen molar-refractivity contribution in [2.75, 3.05) is 4.90 Å². The molecule has 7 nitrogen and oxygen atoms in total. The molecule has 0 unspecified atom stereocenters. The van der Waals surface area contributed by atoms with E-state index in [0.29, 0.717) is 36.8 Å². The molecule has 2 aliphatic rings. The molecule has 2 fully saturated rings. The minimum atomic E-state index is -1.00. The average molecular weight is 518 g/mol. The number of carbonyl (C=O) groups excluding carboxylic acids is 2. The number of nitrogens with zero attached hydrogens (tertiary/aromatic N) is 4. The summed E-state index contributed by atoms with van der Waals surface area (Å²) in [7, 11) is 0. The molecule has 38 heavy (non-hydrogen) atoms. The number of imide groups is 1. The monoisotopic (exact) mass is 518 g/mol. The highest BCUT2D eigenvalue weighted by Crippen LogP contribution is 2.38. The first kappa shape index (κ1) is 24.0. The normalized spacial score (nSPS) is 15.1. The van der Waals surface area contributed by atoms with E-state index < -0.39 is 40.5 Å². The van der Waals surface area contributed by atoms with Gasteiger partial charge in [0, 0.05) is 28.9 Å².